The van der Waals surface area contributed by atoms with Gasteiger partial charge in [-0.3, -0.25) is 4.79 Å². The average molecular weight is 341 g/mol. The Hall–Kier alpha value is -2.34. The molecule has 6 nitrogen and oxygen atoms in total. The fraction of sp³-hybridized carbons (Fsp3) is 0.474. The smallest absolute Gasteiger partial charge is 0.320 e. The second-order valence-electron chi connectivity index (χ2n) is 6.96. The second kappa shape index (κ2) is 6.52. The molecule has 0 spiro atoms. The number of pyridine rings is 1. The third-order valence-electron chi connectivity index (χ3n) is 4.93. The summed E-state index contributed by atoms with van der Waals surface area (Å²) < 4.78 is 5.34. The summed E-state index contributed by atoms with van der Waals surface area (Å²) in [6.45, 7) is 4.80. The molecular weight excluding hydrogens is 318 g/mol. The lowest BCUT2D eigenvalue weighted by molar-refractivity contribution is 0.0418. The largest absolute Gasteiger partial charge is 0.378 e. The van der Waals surface area contributed by atoms with E-state index in [0.717, 1.165) is 29.3 Å². The molecule has 2 amide bonds. The number of amides is 2. The number of hydrogen-bond donors (Lipinski definition) is 1. The number of H-pyrrole nitrogens is 1. The van der Waals surface area contributed by atoms with Crippen LogP contribution in [-0.2, 0) is 11.3 Å². The Morgan fingerprint density at radius 2 is 2.04 bits per heavy atom. The summed E-state index contributed by atoms with van der Waals surface area (Å²) in [7, 11) is 0. The molecule has 6 heteroatoms. The van der Waals surface area contributed by atoms with Gasteiger partial charge in [-0.05, 0) is 43.4 Å². The van der Waals surface area contributed by atoms with Crippen LogP contribution in [0, 0.1) is 6.92 Å². The normalized spacial score (nSPS) is 17.7. The molecule has 1 aromatic heterocycles. The minimum Gasteiger partial charge on any atom is -0.378 e. The van der Waals surface area contributed by atoms with E-state index in [-0.39, 0.29) is 17.6 Å². The van der Waals surface area contributed by atoms with Crippen molar-refractivity contribution in [2.45, 2.75) is 32.4 Å². The van der Waals surface area contributed by atoms with Crippen LogP contribution in [0.1, 0.15) is 24.0 Å². The van der Waals surface area contributed by atoms with Crippen molar-refractivity contribution in [1.29, 1.82) is 0 Å². The average Bonchev–Trinajstić information content (AvgIpc) is 3.45. The van der Waals surface area contributed by atoms with Crippen molar-refractivity contribution in [3.05, 3.63) is 45.7 Å². The molecule has 0 unspecified atom stereocenters. The van der Waals surface area contributed by atoms with Crippen LogP contribution in [0.25, 0.3) is 10.9 Å². The van der Waals surface area contributed by atoms with Gasteiger partial charge < -0.3 is 19.5 Å². The molecule has 2 heterocycles. The van der Waals surface area contributed by atoms with E-state index in [0.29, 0.717) is 38.4 Å². The zero-order valence-corrected chi connectivity index (χ0v) is 14.5. The maximum atomic E-state index is 12.9. The molecule has 1 N–H and O–H groups in total. The molecule has 2 fully saturated rings. The van der Waals surface area contributed by atoms with Crippen molar-refractivity contribution in [2.75, 3.05) is 26.3 Å². The van der Waals surface area contributed by atoms with Crippen molar-refractivity contribution in [2.24, 2.45) is 0 Å². The molecule has 0 atom stereocenters. The Morgan fingerprint density at radius 3 is 2.76 bits per heavy atom. The number of aromatic nitrogens is 1. The van der Waals surface area contributed by atoms with E-state index < -0.39 is 0 Å². The molecule has 1 aliphatic carbocycles. The molecular formula is C19H23N3O3. The Kier molecular flexibility index (Phi) is 4.21. The van der Waals surface area contributed by atoms with E-state index in [9.17, 15) is 9.59 Å². The minimum atomic E-state index is -0.114. The number of ether oxygens (including phenoxy) is 1. The van der Waals surface area contributed by atoms with Crippen LogP contribution < -0.4 is 5.56 Å². The molecule has 0 bridgehead atoms. The highest BCUT2D eigenvalue weighted by Gasteiger charge is 2.35. The summed E-state index contributed by atoms with van der Waals surface area (Å²) in [6, 6.07) is 8.16. The van der Waals surface area contributed by atoms with E-state index in [4.69, 9.17) is 4.74 Å². The zero-order valence-electron chi connectivity index (χ0n) is 14.5. The van der Waals surface area contributed by atoms with E-state index in [2.05, 4.69) is 11.1 Å². The quantitative estimate of drug-likeness (QED) is 0.931. The third kappa shape index (κ3) is 3.39. The topological polar surface area (TPSA) is 65.6 Å². The molecule has 1 aromatic carbocycles. The van der Waals surface area contributed by atoms with Crippen LogP contribution in [0.15, 0.2) is 29.1 Å². The fourth-order valence-corrected chi connectivity index (χ4v) is 3.35. The number of nitrogens with zero attached hydrogens (tertiary/aromatic N) is 2. The molecule has 0 radical (unpaired) electrons. The highest BCUT2D eigenvalue weighted by Crippen LogP contribution is 2.29. The van der Waals surface area contributed by atoms with Crippen molar-refractivity contribution < 1.29 is 9.53 Å². The van der Waals surface area contributed by atoms with Crippen molar-refractivity contribution >= 4 is 16.9 Å². The van der Waals surface area contributed by atoms with Crippen molar-refractivity contribution in [1.82, 2.24) is 14.8 Å². The van der Waals surface area contributed by atoms with Crippen LogP contribution >= 0.6 is 0 Å². The summed E-state index contributed by atoms with van der Waals surface area (Å²) in [5.74, 6) is 0. The maximum Gasteiger partial charge on any atom is 0.320 e. The first-order chi connectivity index (χ1) is 12.1. The molecule has 1 saturated carbocycles. The van der Waals surface area contributed by atoms with E-state index in [1.165, 1.54) is 0 Å². The second-order valence-corrected chi connectivity index (χ2v) is 6.96. The predicted octanol–water partition coefficient (Wildman–Crippen LogP) is 2.25. The van der Waals surface area contributed by atoms with E-state index in [1.807, 2.05) is 34.9 Å². The Labute approximate surface area is 146 Å². The van der Waals surface area contributed by atoms with Crippen molar-refractivity contribution in [3.8, 4) is 0 Å². The molecule has 25 heavy (non-hydrogen) atoms. The SMILES string of the molecule is Cc1ccc2[nH]c(=O)c(CN(C(=O)N3CCOCC3)C3CC3)cc2c1. The number of carbonyl (C=O) groups excluding carboxylic acids is 1. The number of hydrogen-bond acceptors (Lipinski definition) is 3. The molecule has 2 aliphatic rings. The maximum absolute atomic E-state index is 12.9. The molecule has 1 aliphatic heterocycles. The van der Waals surface area contributed by atoms with Gasteiger partial charge in [-0.25, -0.2) is 4.79 Å². The highest BCUT2D eigenvalue weighted by molar-refractivity contribution is 5.80. The lowest BCUT2D eigenvalue weighted by atomic mass is 10.1. The fourth-order valence-electron chi connectivity index (χ4n) is 3.35. The monoisotopic (exact) mass is 341 g/mol. The lowest BCUT2D eigenvalue weighted by Crippen LogP contribution is -2.49. The zero-order chi connectivity index (χ0) is 17.4. The van der Waals surface area contributed by atoms with Gasteiger partial charge >= 0.3 is 6.03 Å². The van der Waals surface area contributed by atoms with Gasteiger partial charge in [0.1, 0.15) is 0 Å². The Morgan fingerprint density at radius 1 is 1.28 bits per heavy atom. The van der Waals surface area contributed by atoms with Gasteiger partial charge in [0.05, 0.1) is 19.8 Å². The Bertz CT molecular complexity index is 851. The number of benzene rings is 1. The molecule has 132 valence electrons. The number of fused-ring (bicyclic) bond motifs is 1. The summed E-state index contributed by atoms with van der Waals surface area (Å²) in [4.78, 5) is 32.0. The number of urea groups is 1. The van der Waals surface area contributed by atoms with Gasteiger partial charge in [0.2, 0.25) is 0 Å². The summed E-state index contributed by atoms with van der Waals surface area (Å²) >= 11 is 0. The van der Waals surface area contributed by atoms with E-state index >= 15 is 0 Å². The van der Waals surface area contributed by atoms with Gasteiger partial charge in [-0.1, -0.05) is 11.6 Å². The van der Waals surface area contributed by atoms with Crippen molar-refractivity contribution in [3.63, 3.8) is 0 Å². The first-order valence-electron chi connectivity index (χ1n) is 8.88. The first kappa shape index (κ1) is 16.1. The Balaban J connectivity index is 1.61. The van der Waals surface area contributed by atoms with Crippen LogP contribution in [0.4, 0.5) is 4.79 Å². The number of carbonyl (C=O) groups is 1. The van der Waals surface area contributed by atoms with Gasteiger partial charge in [0, 0.05) is 30.2 Å². The molecule has 2 aromatic rings. The summed E-state index contributed by atoms with van der Waals surface area (Å²) in [5, 5.41) is 1.00. The number of aromatic amines is 1. The number of rotatable bonds is 3. The molecule has 1 saturated heterocycles. The van der Waals surface area contributed by atoms with Crippen LogP contribution in [0.3, 0.4) is 0 Å². The van der Waals surface area contributed by atoms with Gasteiger partial charge in [-0.15, -0.1) is 0 Å². The van der Waals surface area contributed by atoms with Gasteiger partial charge in [0.25, 0.3) is 5.56 Å². The van der Waals surface area contributed by atoms with Gasteiger partial charge in [0.15, 0.2) is 0 Å². The summed E-state index contributed by atoms with van der Waals surface area (Å²) in [6.07, 6.45) is 2.03. The van der Waals surface area contributed by atoms with Crippen LogP contribution in [0.5, 0.6) is 0 Å². The number of aryl methyl sites for hydroxylation is 1. The predicted molar refractivity (Wildman–Crippen MR) is 95.7 cm³/mol. The first-order valence-corrected chi connectivity index (χ1v) is 8.88. The van der Waals surface area contributed by atoms with Crippen LogP contribution in [-0.4, -0.2) is 53.2 Å². The van der Waals surface area contributed by atoms with Crippen LogP contribution in [0.2, 0.25) is 0 Å². The number of morpholine rings is 1. The minimum absolute atomic E-state index is 0.0227. The standard InChI is InChI=1S/C19H23N3O3/c1-13-2-5-17-14(10-13)11-15(18(23)20-17)12-22(16-3-4-16)19(24)21-6-8-25-9-7-21/h2,5,10-11,16H,3-4,6-9,12H2,1H3,(H,20,23). The summed E-state index contributed by atoms with van der Waals surface area (Å²) in [5.41, 5.74) is 2.51. The number of nitrogens with one attached hydrogen (secondary N) is 1. The third-order valence-corrected chi connectivity index (χ3v) is 4.93. The highest BCUT2D eigenvalue weighted by atomic mass is 16.5. The lowest BCUT2D eigenvalue weighted by Gasteiger charge is -2.33. The van der Waals surface area contributed by atoms with E-state index in [1.54, 1.807) is 0 Å². The van der Waals surface area contributed by atoms with Gasteiger partial charge in [-0.2, -0.15) is 0 Å². The molecule has 4 rings (SSSR count).